The molecule has 8 heteroatoms. The van der Waals surface area contributed by atoms with Crippen LogP contribution in [0.15, 0.2) is 66.0 Å². The fourth-order valence-electron chi connectivity index (χ4n) is 3.11. The number of esters is 1. The lowest BCUT2D eigenvalue weighted by Crippen LogP contribution is -2.16. The number of carbonyl (C=O) groups is 1. The Balaban J connectivity index is 1.86. The van der Waals surface area contributed by atoms with Gasteiger partial charge in [-0.25, -0.2) is 4.79 Å². The summed E-state index contributed by atoms with van der Waals surface area (Å²) in [4.78, 5) is 29.5. The first kappa shape index (κ1) is 18.4. The molecule has 0 saturated carbocycles. The molecular formula is C21H18N4O4. The van der Waals surface area contributed by atoms with E-state index in [1.807, 2.05) is 12.1 Å². The Hall–Kier alpha value is -3.94. The summed E-state index contributed by atoms with van der Waals surface area (Å²) >= 11 is 0. The minimum absolute atomic E-state index is 0.221. The number of nitrogens with zero attached hydrogens (tertiary/aromatic N) is 4. The summed E-state index contributed by atoms with van der Waals surface area (Å²) in [5.74, 6) is 0.109. The molecule has 1 aromatic heterocycles. The van der Waals surface area contributed by atoms with Gasteiger partial charge in [-0.2, -0.15) is 9.78 Å². The van der Waals surface area contributed by atoms with Crippen molar-refractivity contribution in [1.82, 2.24) is 19.3 Å². The van der Waals surface area contributed by atoms with E-state index in [4.69, 9.17) is 9.47 Å². The number of rotatable bonds is 5. The molecular weight excluding hydrogens is 372 g/mol. The van der Waals surface area contributed by atoms with Gasteiger partial charge in [0.25, 0.3) is 5.56 Å². The molecule has 4 rings (SSSR count). The molecule has 0 spiro atoms. The van der Waals surface area contributed by atoms with E-state index in [1.54, 1.807) is 60.7 Å². The standard InChI is InChI=1S/C21H18N4O4/c1-28-16-7-5-15(6-8-16)25-20(26)17-12-24(11-14-4-3-9-22-10-14)13-18(19(17)23-25)21(27)29-2/h3-10,12-13H,11H2,1-2H3. The van der Waals surface area contributed by atoms with Crippen molar-refractivity contribution in [3.05, 3.63) is 82.7 Å². The molecule has 0 unspecified atom stereocenters. The van der Waals surface area contributed by atoms with Gasteiger partial charge in [-0.3, -0.25) is 9.78 Å². The zero-order valence-electron chi connectivity index (χ0n) is 15.9. The van der Waals surface area contributed by atoms with Gasteiger partial charge < -0.3 is 14.0 Å². The van der Waals surface area contributed by atoms with Crippen molar-refractivity contribution < 1.29 is 14.3 Å². The lowest BCUT2D eigenvalue weighted by Gasteiger charge is -2.11. The van der Waals surface area contributed by atoms with Crippen LogP contribution in [-0.2, 0) is 11.3 Å². The third kappa shape index (κ3) is 3.47. The molecule has 3 heterocycles. The Kier molecular flexibility index (Phi) is 4.82. The monoisotopic (exact) mass is 390 g/mol. The van der Waals surface area contributed by atoms with E-state index in [0.717, 1.165) is 5.56 Å². The third-order valence-electron chi connectivity index (χ3n) is 4.53. The zero-order chi connectivity index (χ0) is 20.4. The first-order valence-electron chi connectivity index (χ1n) is 8.85. The predicted molar refractivity (Wildman–Crippen MR) is 106 cm³/mol. The van der Waals surface area contributed by atoms with Crippen LogP contribution in [0.2, 0.25) is 0 Å². The summed E-state index contributed by atoms with van der Waals surface area (Å²) in [7, 11) is 2.87. The van der Waals surface area contributed by atoms with E-state index in [-0.39, 0.29) is 11.1 Å². The van der Waals surface area contributed by atoms with Crippen LogP contribution < -0.4 is 10.3 Å². The summed E-state index contributed by atoms with van der Waals surface area (Å²) in [5.41, 5.74) is 2.02. The Morgan fingerprint density at radius 3 is 2.55 bits per heavy atom. The van der Waals surface area contributed by atoms with Crippen LogP contribution in [0.3, 0.4) is 0 Å². The highest BCUT2D eigenvalue weighted by Gasteiger charge is 2.25. The molecule has 0 saturated heterocycles. The molecule has 146 valence electrons. The van der Waals surface area contributed by atoms with Crippen LogP contribution in [0, 0.1) is 0 Å². The number of hydrogen-bond donors (Lipinski definition) is 0. The Morgan fingerprint density at radius 2 is 1.90 bits per heavy atom. The summed E-state index contributed by atoms with van der Waals surface area (Å²) in [6, 6.07) is 10.7. The summed E-state index contributed by atoms with van der Waals surface area (Å²) in [6.45, 7) is 0.445. The fraction of sp³-hybridized carbons (Fsp3) is 0.143. The number of methoxy groups -OCH3 is 2. The highest BCUT2D eigenvalue weighted by atomic mass is 16.5. The third-order valence-corrected chi connectivity index (χ3v) is 4.53. The summed E-state index contributed by atoms with van der Waals surface area (Å²) in [6.07, 6.45) is 6.73. The molecule has 0 fully saturated rings. The van der Waals surface area contributed by atoms with Gasteiger partial charge in [0.2, 0.25) is 0 Å². The van der Waals surface area contributed by atoms with Crippen LogP contribution in [0.1, 0.15) is 15.9 Å². The van der Waals surface area contributed by atoms with E-state index in [1.165, 1.54) is 11.8 Å². The molecule has 2 aliphatic heterocycles. The van der Waals surface area contributed by atoms with E-state index in [2.05, 4.69) is 10.1 Å². The molecule has 8 nitrogen and oxygen atoms in total. The maximum Gasteiger partial charge on any atom is 0.341 e. The number of carbonyl (C=O) groups excluding carboxylic acids is 1. The number of fused-ring (bicyclic) bond motifs is 1. The SMILES string of the molecule is COC(=O)c1cn(Cc2cccnc2)cc2c(=O)n(-c3ccc(OC)cc3)nc1-2. The van der Waals surface area contributed by atoms with Crippen LogP contribution in [0.4, 0.5) is 0 Å². The second-order valence-corrected chi connectivity index (χ2v) is 6.37. The van der Waals surface area contributed by atoms with Gasteiger partial charge in [-0.05, 0) is 35.9 Å². The molecule has 0 atom stereocenters. The molecule has 2 aromatic rings. The van der Waals surface area contributed by atoms with Crippen LogP contribution >= 0.6 is 0 Å². The molecule has 2 aliphatic rings. The Morgan fingerprint density at radius 1 is 1.10 bits per heavy atom. The van der Waals surface area contributed by atoms with Crippen molar-refractivity contribution in [3.8, 4) is 22.7 Å². The smallest absolute Gasteiger partial charge is 0.341 e. The second-order valence-electron chi connectivity index (χ2n) is 6.37. The zero-order valence-corrected chi connectivity index (χ0v) is 15.9. The van der Waals surface area contributed by atoms with Crippen molar-refractivity contribution in [2.75, 3.05) is 14.2 Å². The highest BCUT2D eigenvalue weighted by molar-refractivity contribution is 5.96. The average molecular weight is 390 g/mol. The summed E-state index contributed by atoms with van der Waals surface area (Å²) in [5, 5.41) is 4.39. The number of benzene rings is 1. The first-order valence-corrected chi connectivity index (χ1v) is 8.85. The molecule has 0 bridgehead atoms. The topological polar surface area (TPSA) is 88.2 Å². The molecule has 29 heavy (non-hydrogen) atoms. The maximum atomic E-state index is 13.0. The number of aromatic nitrogens is 4. The van der Waals surface area contributed by atoms with Gasteiger partial charge in [0.1, 0.15) is 17.0 Å². The normalized spacial score (nSPS) is 10.8. The van der Waals surface area contributed by atoms with Crippen molar-refractivity contribution in [1.29, 1.82) is 0 Å². The van der Waals surface area contributed by atoms with Crippen LogP contribution in [0.25, 0.3) is 16.9 Å². The summed E-state index contributed by atoms with van der Waals surface area (Å²) < 4.78 is 13.1. The van der Waals surface area contributed by atoms with E-state index in [0.29, 0.717) is 29.2 Å². The minimum atomic E-state index is -0.560. The number of hydrogen-bond acceptors (Lipinski definition) is 6. The second kappa shape index (κ2) is 7.59. The lowest BCUT2D eigenvalue weighted by molar-refractivity contribution is 0.0600. The average Bonchev–Trinajstić information content (AvgIpc) is 3.10. The van der Waals surface area contributed by atoms with Gasteiger partial charge in [0.05, 0.1) is 25.5 Å². The highest BCUT2D eigenvalue weighted by Crippen LogP contribution is 2.24. The first-order chi connectivity index (χ1) is 14.1. The van der Waals surface area contributed by atoms with Crippen molar-refractivity contribution in [3.63, 3.8) is 0 Å². The predicted octanol–water partition coefficient (Wildman–Crippen LogP) is 2.38. The number of pyridine rings is 2. The van der Waals surface area contributed by atoms with Gasteiger partial charge in [-0.15, -0.1) is 0 Å². The van der Waals surface area contributed by atoms with Crippen molar-refractivity contribution in [2.45, 2.75) is 6.54 Å². The van der Waals surface area contributed by atoms with Gasteiger partial charge in [0, 0.05) is 31.3 Å². The fourth-order valence-corrected chi connectivity index (χ4v) is 3.11. The van der Waals surface area contributed by atoms with Crippen molar-refractivity contribution >= 4 is 5.97 Å². The Labute approximate surface area is 166 Å². The molecule has 0 amide bonds. The van der Waals surface area contributed by atoms with Crippen molar-refractivity contribution in [2.24, 2.45) is 0 Å². The quantitative estimate of drug-likeness (QED) is 0.486. The van der Waals surface area contributed by atoms with E-state index < -0.39 is 5.97 Å². The van der Waals surface area contributed by atoms with Gasteiger partial charge in [0.15, 0.2) is 0 Å². The van der Waals surface area contributed by atoms with E-state index >= 15 is 0 Å². The molecule has 0 N–H and O–H groups in total. The van der Waals surface area contributed by atoms with Gasteiger partial charge >= 0.3 is 5.97 Å². The lowest BCUT2D eigenvalue weighted by atomic mass is 10.1. The van der Waals surface area contributed by atoms with Crippen LogP contribution in [0.5, 0.6) is 5.75 Å². The molecule has 1 aromatic carbocycles. The van der Waals surface area contributed by atoms with Gasteiger partial charge in [-0.1, -0.05) is 6.07 Å². The largest absolute Gasteiger partial charge is 0.497 e. The van der Waals surface area contributed by atoms with Crippen LogP contribution in [-0.4, -0.2) is 39.5 Å². The molecule has 0 radical (unpaired) electrons. The maximum absolute atomic E-state index is 13.0. The number of ether oxygens (including phenoxy) is 2. The minimum Gasteiger partial charge on any atom is -0.497 e. The van der Waals surface area contributed by atoms with E-state index in [9.17, 15) is 9.59 Å². The molecule has 0 aliphatic carbocycles. The Bertz CT molecular complexity index is 1180.